The smallest absolute Gasteiger partial charge is 0.0462 e. The van der Waals surface area contributed by atoms with Crippen LogP contribution in [0.5, 0.6) is 0 Å². The fourth-order valence-electron chi connectivity index (χ4n) is 1.88. The number of hydrogen-bond donors (Lipinski definition) is 1. The van der Waals surface area contributed by atoms with E-state index in [-0.39, 0.29) is 0 Å². The number of aryl methyl sites for hydroxylation is 1. The van der Waals surface area contributed by atoms with E-state index in [1.807, 2.05) is 11.3 Å². The first-order valence-corrected chi connectivity index (χ1v) is 6.93. The van der Waals surface area contributed by atoms with Crippen LogP contribution in [0.4, 0.5) is 0 Å². The van der Waals surface area contributed by atoms with Gasteiger partial charge in [-0.2, -0.15) is 0 Å². The van der Waals surface area contributed by atoms with Gasteiger partial charge in [-0.3, -0.25) is 0 Å². The Hall–Kier alpha value is -0.380. The highest BCUT2D eigenvalue weighted by Crippen LogP contribution is 2.14. The van der Waals surface area contributed by atoms with Gasteiger partial charge in [0.15, 0.2) is 0 Å². The van der Waals surface area contributed by atoms with Gasteiger partial charge >= 0.3 is 0 Å². The molecular weight excluding hydrogens is 218 g/mol. The SMILES string of the molecule is CNC(CCCOC)CCCc1cccs1. The van der Waals surface area contributed by atoms with Crippen LogP contribution in [0.2, 0.25) is 0 Å². The van der Waals surface area contributed by atoms with Crippen LogP contribution in [0.3, 0.4) is 0 Å². The molecule has 0 aromatic carbocycles. The van der Waals surface area contributed by atoms with E-state index in [1.54, 1.807) is 7.11 Å². The largest absolute Gasteiger partial charge is 0.385 e. The Morgan fingerprint density at radius 2 is 2.19 bits per heavy atom. The van der Waals surface area contributed by atoms with E-state index in [1.165, 1.54) is 30.6 Å². The molecule has 0 saturated carbocycles. The van der Waals surface area contributed by atoms with Crippen molar-refractivity contribution in [3.63, 3.8) is 0 Å². The quantitative estimate of drug-likeness (QED) is 0.671. The van der Waals surface area contributed by atoms with Gasteiger partial charge in [-0.25, -0.2) is 0 Å². The van der Waals surface area contributed by atoms with Gasteiger partial charge in [-0.05, 0) is 50.6 Å². The molecule has 1 aromatic rings. The lowest BCUT2D eigenvalue weighted by Gasteiger charge is -2.15. The molecule has 0 aliphatic carbocycles. The third-order valence-corrected chi connectivity index (χ3v) is 3.80. The molecule has 1 aromatic heterocycles. The molecular formula is C13H23NOS. The molecule has 1 heterocycles. The fourth-order valence-corrected chi connectivity index (χ4v) is 2.64. The molecule has 1 N–H and O–H groups in total. The number of rotatable bonds is 9. The Morgan fingerprint density at radius 1 is 1.38 bits per heavy atom. The Labute approximate surface area is 103 Å². The number of methoxy groups -OCH3 is 1. The number of thiophene rings is 1. The molecule has 1 rings (SSSR count). The minimum atomic E-state index is 0.648. The maximum absolute atomic E-state index is 5.07. The third-order valence-electron chi connectivity index (χ3n) is 2.87. The van der Waals surface area contributed by atoms with E-state index in [0.29, 0.717) is 6.04 Å². The van der Waals surface area contributed by atoms with Gasteiger partial charge in [0, 0.05) is 24.6 Å². The van der Waals surface area contributed by atoms with E-state index >= 15 is 0 Å². The molecule has 0 aliphatic heterocycles. The lowest BCUT2D eigenvalue weighted by atomic mass is 10.0. The zero-order valence-electron chi connectivity index (χ0n) is 10.4. The van der Waals surface area contributed by atoms with Gasteiger partial charge in [-0.1, -0.05) is 6.07 Å². The van der Waals surface area contributed by atoms with E-state index in [2.05, 4.69) is 29.9 Å². The van der Waals surface area contributed by atoms with Crippen molar-refractivity contribution in [2.75, 3.05) is 20.8 Å². The van der Waals surface area contributed by atoms with E-state index < -0.39 is 0 Å². The second kappa shape index (κ2) is 8.74. The van der Waals surface area contributed by atoms with Crippen molar-refractivity contribution < 1.29 is 4.74 Å². The highest BCUT2D eigenvalue weighted by Gasteiger charge is 2.05. The summed E-state index contributed by atoms with van der Waals surface area (Å²) in [5.74, 6) is 0. The summed E-state index contributed by atoms with van der Waals surface area (Å²) in [6.45, 7) is 0.878. The Kier molecular flexibility index (Phi) is 7.47. The van der Waals surface area contributed by atoms with Gasteiger partial charge in [0.1, 0.15) is 0 Å². The fraction of sp³-hybridized carbons (Fsp3) is 0.692. The minimum Gasteiger partial charge on any atom is -0.385 e. The Morgan fingerprint density at radius 3 is 2.81 bits per heavy atom. The van der Waals surface area contributed by atoms with Crippen molar-refractivity contribution in [1.82, 2.24) is 5.32 Å². The zero-order valence-corrected chi connectivity index (χ0v) is 11.2. The van der Waals surface area contributed by atoms with E-state index in [0.717, 1.165) is 13.0 Å². The van der Waals surface area contributed by atoms with Gasteiger partial charge in [0.05, 0.1) is 0 Å². The van der Waals surface area contributed by atoms with Crippen molar-refractivity contribution in [3.05, 3.63) is 22.4 Å². The number of hydrogen-bond acceptors (Lipinski definition) is 3. The van der Waals surface area contributed by atoms with Gasteiger partial charge < -0.3 is 10.1 Å². The lowest BCUT2D eigenvalue weighted by Crippen LogP contribution is -2.25. The standard InChI is InChI=1S/C13H23NOS/c1-14-12(7-4-10-15-2)6-3-8-13-9-5-11-16-13/h5,9,11-12,14H,3-4,6-8,10H2,1-2H3. The predicted molar refractivity (Wildman–Crippen MR) is 71.2 cm³/mol. The van der Waals surface area contributed by atoms with Crippen molar-refractivity contribution in [1.29, 1.82) is 0 Å². The highest BCUT2D eigenvalue weighted by atomic mass is 32.1. The first kappa shape index (κ1) is 13.7. The van der Waals surface area contributed by atoms with Crippen LogP contribution in [0.25, 0.3) is 0 Å². The predicted octanol–water partition coefficient (Wildman–Crippen LogP) is 3.09. The van der Waals surface area contributed by atoms with Crippen molar-refractivity contribution in [2.45, 2.75) is 38.1 Å². The minimum absolute atomic E-state index is 0.648. The van der Waals surface area contributed by atoms with E-state index in [9.17, 15) is 0 Å². The van der Waals surface area contributed by atoms with Gasteiger partial charge in [0.25, 0.3) is 0 Å². The summed E-state index contributed by atoms with van der Waals surface area (Å²) in [7, 11) is 3.83. The molecule has 0 radical (unpaired) electrons. The molecule has 0 saturated heterocycles. The lowest BCUT2D eigenvalue weighted by molar-refractivity contribution is 0.188. The first-order chi connectivity index (χ1) is 7.86. The van der Waals surface area contributed by atoms with Gasteiger partial charge in [0.2, 0.25) is 0 Å². The molecule has 3 heteroatoms. The molecule has 16 heavy (non-hydrogen) atoms. The molecule has 0 bridgehead atoms. The third kappa shape index (κ3) is 5.64. The van der Waals surface area contributed by atoms with Gasteiger partial charge in [-0.15, -0.1) is 11.3 Å². The first-order valence-electron chi connectivity index (χ1n) is 6.05. The van der Waals surface area contributed by atoms with Crippen LogP contribution in [0.15, 0.2) is 17.5 Å². The average molecular weight is 241 g/mol. The van der Waals surface area contributed by atoms with Crippen LogP contribution < -0.4 is 5.32 Å². The van der Waals surface area contributed by atoms with E-state index in [4.69, 9.17) is 4.74 Å². The molecule has 1 unspecified atom stereocenters. The normalized spacial score (nSPS) is 12.9. The van der Waals surface area contributed by atoms with Crippen molar-refractivity contribution in [3.8, 4) is 0 Å². The maximum Gasteiger partial charge on any atom is 0.0462 e. The molecule has 1 atom stereocenters. The van der Waals surface area contributed by atoms with Crippen molar-refractivity contribution >= 4 is 11.3 Å². The molecule has 2 nitrogen and oxygen atoms in total. The summed E-state index contributed by atoms with van der Waals surface area (Å²) < 4.78 is 5.07. The topological polar surface area (TPSA) is 21.3 Å². The number of nitrogens with one attached hydrogen (secondary N) is 1. The van der Waals surface area contributed by atoms with Crippen LogP contribution in [0.1, 0.15) is 30.6 Å². The maximum atomic E-state index is 5.07. The molecule has 92 valence electrons. The van der Waals surface area contributed by atoms with Crippen LogP contribution in [-0.4, -0.2) is 26.8 Å². The zero-order chi connectivity index (χ0) is 11.6. The second-order valence-electron chi connectivity index (χ2n) is 4.09. The summed E-state index contributed by atoms with van der Waals surface area (Å²) in [5.41, 5.74) is 0. The Balaban J connectivity index is 2.08. The summed E-state index contributed by atoms with van der Waals surface area (Å²) in [5, 5.41) is 5.55. The summed E-state index contributed by atoms with van der Waals surface area (Å²) in [6, 6.07) is 5.01. The summed E-state index contributed by atoms with van der Waals surface area (Å²) in [6.07, 6.45) is 6.13. The van der Waals surface area contributed by atoms with Crippen LogP contribution >= 0.6 is 11.3 Å². The summed E-state index contributed by atoms with van der Waals surface area (Å²) >= 11 is 1.86. The highest BCUT2D eigenvalue weighted by molar-refractivity contribution is 7.09. The van der Waals surface area contributed by atoms with Crippen LogP contribution in [0, 0.1) is 0 Å². The molecule has 0 amide bonds. The van der Waals surface area contributed by atoms with Crippen LogP contribution in [-0.2, 0) is 11.2 Å². The average Bonchev–Trinajstić information content (AvgIpc) is 2.80. The monoisotopic (exact) mass is 241 g/mol. The summed E-state index contributed by atoms with van der Waals surface area (Å²) in [4.78, 5) is 1.51. The molecule has 0 fully saturated rings. The van der Waals surface area contributed by atoms with Crippen molar-refractivity contribution in [2.24, 2.45) is 0 Å². The Bertz CT molecular complexity index is 248. The number of ether oxygens (including phenoxy) is 1. The second-order valence-corrected chi connectivity index (χ2v) is 5.12. The molecule has 0 spiro atoms. The molecule has 0 aliphatic rings.